The smallest absolute Gasteiger partial charge is 0.362 e. The summed E-state index contributed by atoms with van der Waals surface area (Å²) in [7, 11) is 1.15. The van der Waals surface area contributed by atoms with E-state index in [0.29, 0.717) is 0 Å². The van der Waals surface area contributed by atoms with E-state index in [-0.39, 0.29) is 17.8 Å². The Bertz CT molecular complexity index is 514. The zero-order valence-electron chi connectivity index (χ0n) is 10.4. The minimum Gasteiger partial charge on any atom is -0.464 e. The highest BCUT2D eigenvalue weighted by molar-refractivity contribution is 14.1. The van der Waals surface area contributed by atoms with Crippen LogP contribution < -0.4 is 5.43 Å². The average molecular weight is 378 g/mol. The summed E-state index contributed by atoms with van der Waals surface area (Å²) in [4.78, 5) is 22.9. The first kappa shape index (κ1) is 15.5. The van der Waals surface area contributed by atoms with E-state index in [9.17, 15) is 14.0 Å². The molecule has 0 radical (unpaired) electrons. The molecule has 0 fully saturated rings. The van der Waals surface area contributed by atoms with Gasteiger partial charge in [0.2, 0.25) is 5.71 Å². The van der Waals surface area contributed by atoms with Crippen LogP contribution in [-0.4, -0.2) is 24.6 Å². The number of carbonyl (C=O) groups is 2. The average Bonchev–Trinajstić information content (AvgIpc) is 2.41. The van der Waals surface area contributed by atoms with Gasteiger partial charge in [0.15, 0.2) is 5.78 Å². The van der Waals surface area contributed by atoms with Crippen molar-refractivity contribution in [3.8, 4) is 0 Å². The van der Waals surface area contributed by atoms with Crippen LogP contribution in [0.5, 0.6) is 0 Å². The van der Waals surface area contributed by atoms with Crippen LogP contribution in [0.4, 0.5) is 10.1 Å². The summed E-state index contributed by atoms with van der Waals surface area (Å²) in [5.74, 6) is -1.87. The quantitative estimate of drug-likeness (QED) is 0.281. The summed E-state index contributed by atoms with van der Waals surface area (Å²) in [5, 5.41) is 3.64. The first-order valence-corrected chi connectivity index (χ1v) is 6.47. The minimum absolute atomic E-state index is 0.0807. The molecule has 0 unspecified atom stereocenters. The zero-order chi connectivity index (χ0) is 14.4. The highest BCUT2D eigenvalue weighted by Crippen LogP contribution is 2.17. The molecule has 7 heteroatoms. The summed E-state index contributed by atoms with van der Waals surface area (Å²) in [6.07, 6.45) is 0.102. The van der Waals surface area contributed by atoms with E-state index in [0.717, 1.165) is 10.7 Å². The lowest BCUT2D eigenvalue weighted by molar-refractivity contribution is -0.133. The van der Waals surface area contributed by atoms with E-state index in [1.165, 1.54) is 12.1 Å². The Balaban J connectivity index is 3.01. The Morgan fingerprint density at radius 1 is 1.47 bits per heavy atom. The fourth-order valence-electron chi connectivity index (χ4n) is 1.19. The molecule has 1 rings (SSSR count). The first-order chi connectivity index (χ1) is 8.99. The fraction of sp³-hybridized carbons (Fsp3) is 0.250. The molecule has 0 aliphatic rings. The van der Waals surface area contributed by atoms with E-state index in [2.05, 4.69) is 15.3 Å². The van der Waals surface area contributed by atoms with Crippen LogP contribution in [0.2, 0.25) is 0 Å². The first-order valence-electron chi connectivity index (χ1n) is 5.39. The van der Waals surface area contributed by atoms with Crippen molar-refractivity contribution in [2.24, 2.45) is 5.10 Å². The Morgan fingerprint density at radius 3 is 2.74 bits per heavy atom. The molecule has 0 spiro atoms. The third-order valence-corrected chi connectivity index (χ3v) is 2.85. The highest BCUT2D eigenvalue weighted by atomic mass is 127. The maximum atomic E-state index is 13.4. The lowest BCUT2D eigenvalue weighted by atomic mass is 10.2. The molecule has 0 saturated carbocycles. The number of carbonyl (C=O) groups excluding carboxylic acids is 2. The Kier molecular flexibility index (Phi) is 5.87. The molecule has 0 amide bonds. The standard InChI is InChI=1S/C12H12FIN2O3/c1-3-10(17)11(12(18)19-2)16-15-9-6-7(14)4-5-8(9)13/h4-6,15H,3H2,1-2H3. The number of hydrogen-bond acceptors (Lipinski definition) is 5. The number of esters is 1. The lowest BCUT2D eigenvalue weighted by Gasteiger charge is -2.05. The molecular formula is C12H12FIN2O3. The third kappa shape index (κ3) is 4.27. The van der Waals surface area contributed by atoms with Crippen molar-refractivity contribution < 1.29 is 18.7 Å². The third-order valence-electron chi connectivity index (χ3n) is 2.18. The van der Waals surface area contributed by atoms with Gasteiger partial charge >= 0.3 is 5.97 Å². The number of Topliss-reactive ketones (excluding diaryl/α,β-unsaturated/α-hetero) is 1. The topological polar surface area (TPSA) is 67.8 Å². The minimum atomic E-state index is -0.856. The van der Waals surface area contributed by atoms with Crippen molar-refractivity contribution in [3.63, 3.8) is 0 Å². The van der Waals surface area contributed by atoms with Crippen molar-refractivity contribution in [2.45, 2.75) is 13.3 Å². The molecule has 0 aliphatic carbocycles. The molecule has 0 heterocycles. The molecule has 5 nitrogen and oxygen atoms in total. The molecule has 1 aromatic rings. The Morgan fingerprint density at radius 2 is 2.16 bits per heavy atom. The van der Waals surface area contributed by atoms with Crippen molar-refractivity contribution in [1.29, 1.82) is 0 Å². The molecule has 0 aliphatic heterocycles. The maximum Gasteiger partial charge on any atom is 0.362 e. The van der Waals surface area contributed by atoms with Gasteiger partial charge in [0.05, 0.1) is 12.8 Å². The lowest BCUT2D eigenvalue weighted by Crippen LogP contribution is -2.26. The van der Waals surface area contributed by atoms with Gasteiger partial charge in [-0.1, -0.05) is 6.92 Å². The van der Waals surface area contributed by atoms with Crippen LogP contribution in [0.25, 0.3) is 0 Å². The predicted octanol–water partition coefficient (Wildman–Crippen LogP) is 2.35. The number of nitrogens with one attached hydrogen (secondary N) is 1. The van der Waals surface area contributed by atoms with Gasteiger partial charge in [0, 0.05) is 9.99 Å². The molecular weight excluding hydrogens is 366 g/mol. The van der Waals surface area contributed by atoms with Crippen LogP contribution in [-0.2, 0) is 14.3 Å². The van der Waals surface area contributed by atoms with Crippen LogP contribution in [0.15, 0.2) is 23.3 Å². The number of anilines is 1. The van der Waals surface area contributed by atoms with Crippen molar-refractivity contribution in [3.05, 3.63) is 27.6 Å². The van der Waals surface area contributed by atoms with Gasteiger partial charge < -0.3 is 4.74 Å². The SMILES string of the molecule is CCC(=O)C(=NNc1cc(I)ccc1F)C(=O)OC. The van der Waals surface area contributed by atoms with Crippen LogP contribution in [0, 0.1) is 9.39 Å². The summed E-state index contributed by atoms with van der Waals surface area (Å²) in [6, 6.07) is 4.35. The monoisotopic (exact) mass is 378 g/mol. The number of nitrogens with zero attached hydrogens (tertiary/aromatic N) is 1. The van der Waals surface area contributed by atoms with Gasteiger partial charge in [-0.2, -0.15) is 5.10 Å². The summed E-state index contributed by atoms with van der Waals surface area (Å²) in [6.45, 7) is 1.59. The van der Waals surface area contributed by atoms with Crippen LogP contribution in [0.3, 0.4) is 0 Å². The predicted molar refractivity (Wildman–Crippen MR) is 77.5 cm³/mol. The molecule has 0 saturated heterocycles. The van der Waals surface area contributed by atoms with E-state index < -0.39 is 17.6 Å². The summed E-state index contributed by atoms with van der Waals surface area (Å²) < 4.78 is 18.7. The fourth-order valence-corrected chi connectivity index (χ4v) is 1.68. The number of benzene rings is 1. The number of halogens is 2. The summed E-state index contributed by atoms with van der Waals surface area (Å²) >= 11 is 2.01. The summed E-state index contributed by atoms with van der Waals surface area (Å²) in [5.41, 5.74) is 2.07. The van der Waals surface area contributed by atoms with Gasteiger partial charge in [-0.25, -0.2) is 9.18 Å². The maximum absolute atomic E-state index is 13.4. The number of hydrogen-bond donors (Lipinski definition) is 1. The van der Waals surface area contributed by atoms with Gasteiger partial charge in [-0.05, 0) is 40.8 Å². The normalized spacial score (nSPS) is 11.1. The number of methoxy groups -OCH3 is 1. The number of rotatable bonds is 5. The van der Waals surface area contributed by atoms with E-state index in [1.807, 2.05) is 22.6 Å². The van der Waals surface area contributed by atoms with Crippen LogP contribution >= 0.6 is 22.6 Å². The second kappa shape index (κ2) is 7.17. The largest absolute Gasteiger partial charge is 0.464 e. The molecule has 0 aromatic heterocycles. The Hall–Kier alpha value is -1.51. The van der Waals surface area contributed by atoms with E-state index in [4.69, 9.17) is 0 Å². The highest BCUT2D eigenvalue weighted by Gasteiger charge is 2.19. The second-order valence-electron chi connectivity index (χ2n) is 3.46. The number of hydrazone groups is 1. The molecule has 0 bridgehead atoms. The van der Waals surface area contributed by atoms with Gasteiger partial charge in [0.25, 0.3) is 0 Å². The molecule has 1 aromatic carbocycles. The molecule has 1 N–H and O–H groups in total. The van der Waals surface area contributed by atoms with Gasteiger partial charge in [-0.3, -0.25) is 10.2 Å². The number of ketones is 1. The van der Waals surface area contributed by atoms with Gasteiger partial charge in [0.1, 0.15) is 5.82 Å². The molecule has 19 heavy (non-hydrogen) atoms. The molecule has 0 atom stereocenters. The van der Waals surface area contributed by atoms with Gasteiger partial charge in [-0.15, -0.1) is 0 Å². The second-order valence-corrected chi connectivity index (χ2v) is 4.71. The van der Waals surface area contributed by atoms with Crippen molar-refractivity contribution >= 4 is 45.7 Å². The van der Waals surface area contributed by atoms with Crippen molar-refractivity contribution in [2.75, 3.05) is 12.5 Å². The number of ether oxygens (including phenoxy) is 1. The van der Waals surface area contributed by atoms with E-state index in [1.54, 1.807) is 13.0 Å². The van der Waals surface area contributed by atoms with E-state index >= 15 is 0 Å². The Labute approximate surface area is 123 Å². The molecule has 102 valence electrons. The zero-order valence-corrected chi connectivity index (χ0v) is 12.5. The van der Waals surface area contributed by atoms with Crippen molar-refractivity contribution in [1.82, 2.24) is 0 Å². The van der Waals surface area contributed by atoms with Crippen LogP contribution in [0.1, 0.15) is 13.3 Å².